The Labute approximate surface area is 111 Å². The van der Waals surface area contributed by atoms with E-state index in [0.717, 1.165) is 6.42 Å². The maximum Gasteiger partial charge on any atom is 0.134 e. The second-order valence-corrected chi connectivity index (χ2v) is 3.86. The molecule has 0 saturated heterocycles. The molecule has 1 atom stereocenters. The number of rotatable bonds is 7. The van der Waals surface area contributed by atoms with Gasteiger partial charge in [-0.1, -0.05) is 68.9 Å². The Kier molecular flexibility index (Phi) is 12.1. The van der Waals surface area contributed by atoms with E-state index < -0.39 is 6.10 Å². The molecule has 0 saturated carbocycles. The normalized spacial score (nSPS) is 11.7. The van der Waals surface area contributed by atoms with Gasteiger partial charge in [0.1, 0.15) is 6.10 Å². The van der Waals surface area contributed by atoms with Crippen molar-refractivity contribution in [1.82, 2.24) is 0 Å². The van der Waals surface area contributed by atoms with Gasteiger partial charge < -0.3 is 5.11 Å². The van der Waals surface area contributed by atoms with Crippen LogP contribution in [0.4, 0.5) is 0 Å². The lowest BCUT2D eigenvalue weighted by atomic mass is 10.1. The minimum Gasteiger partial charge on any atom is -0.377 e. The molecule has 1 unspecified atom stereocenters. The molecule has 0 aromatic heterocycles. The molecule has 96 valence electrons. The summed E-state index contributed by atoms with van der Waals surface area (Å²) in [6, 6.07) is 0. The van der Waals surface area contributed by atoms with E-state index in [4.69, 9.17) is 5.11 Å². The predicted molar refractivity (Wildman–Crippen MR) is 78.8 cm³/mol. The largest absolute Gasteiger partial charge is 0.377 e. The zero-order chi connectivity index (χ0) is 13.5. The van der Waals surface area contributed by atoms with Crippen LogP contribution in [0.1, 0.15) is 39.0 Å². The summed E-state index contributed by atoms with van der Waals surface area (Å²) in [4.78, 5) is 0. The van der Waals surface area contributed by atoms with Crippen molar-refractivity contribution in [3.05, 3.63) is 37.0 Å². The lowest BCUT2D eigenvalue weighted by molar-refractivity contribution is 0.281. The molecule has 0 aromatic rings. The summed E-state index contributed by atoms with van der Waals surface area (Å²) < 4.78 is 0. The quantitative estimate of drug-likeness (QED) is 0.313. The van der Waals surface area contributed by atoms with Crippen molar-refractivity contribution in [1.29, 1.82) is 0 Å². The van der Waals surface area contributed by atoms with Gasteiger partial charge in [-0.25, -0.2) is 0 Å². The van der Waals surface area contributed by atoms with Crippen LogP contribution >= 0.6 is 0 Å². The Hall–Kier alpha value is -1.70. The first-order chi connectivity index (χ1) is 8.81. The number of hydrogen-bond acceptors (Lipinski definition) is 1. The van der Waals surface area contributed by atoms with E-state index in [0.29, 0.717) is 0 Å². The summed E-state index contributed by atoms with van der Waals surface area (Å²) >= 11 is 0. The molecule has 1 heteroatoms. The van der Waals surface area contributed by atoms with Crippen molar-refractivity contribution in [2.24, 2.45) is 0 Å². The highest BCUT2D eigenvalue weighted by Crippen LogP contribution is 2.02. The van der Waals surface area contributed by atoms with E-state index in [9.17, 15) is 0 Å². The molecule has 0 rings (SSSR count). The third-order valence-electron chi connectivity index (χ3n) is 2.23. The molecule has 0 aromatic carbocycles. The van der Waals surface area contributed by atoms with Crippen molar-refractivity contribution < 1.29 is 5.11 Å². The first-order valence-electron chi connectivity index (χ1n) is 6.44. The topological polar surface area (TPSA) is 20.2 Å². The van der Waals surface area contributed by atoms with Crippen LogP contribution in [0.3, 0.4) is 0 Å². The molecule has 0 bridgehead atoms. The van der Waals surface area contributed by atoms with E-state index >= 15 is 0 Å². The first kappa shape index (κ1) is 16.3. The summed E-state index contributed by atoms with van der Waals surface area (Å²) in [5.74, 6) is 10.5. The molecule has 0 aliphatic carbocycles. The van der Waals surface area contributed by atoms with Crippen molar-refractivity contribution >= 4 is 0 Å². The summed E-state index contributed by atoms with van der Waals surface area (Å²) in [6.07, 6.45) is 14.7. The van der Waals surface area contributed by atoms with E-state index in [1.807, 2.05) is 12.2 Å². The van der Waals surface area contributed by atoms with Gasteiger partial charge in [0.05, 0.1) is 0 Å². The molecule has 1 nitrogen and oxygen atoms in total. The molecule has 0 spiro atoms. The summed E-state index contributed by atoms with van der Waals surface area (Å²) in [5, 5.41) is 9.03. The SMILES string of the molecule is C=CC(O)C#CC#CC=CC=CCCCCCC. The zero-order valence-electron chi connectivity index (χ0n) is 11.2. The molecule has 0 aliphatic rings. The molecule has 0 fully saturated rings. The van der Waals surface area contributed by atoms with Crippen LogP contribution < -0.4 is 0 Å². The number of unbranched alkanes of at least 4 members (excludes halogenated alkanes) is 4. The molecular formula is C17H22O. The van der Waals surface area contributed by atoms with Gasteiger partial charge in [-0.05, 0) is 30.8 Å². The van der Waals surface area contributed by atoms with Gasteiger partial charge in [0, 0.05) is 0 Å². The minimum atomic E-state index is -0.786. The molecular weight excluding hydrogens is 220 g/mol. The monoisotopic (exact) mass is 242 g/mol. The molecule has 0 radical (unpaired) electrons. The smallest absolute Gasteiger partial charge is 0.134 e. The third-order valence-corrected chi connectivity index (χ3v) is 2.23. The number of aliphatic hydroxyl groups is 1. The van der Waals surface area contributed by atoms with Gasteiger partial charge in [-0.2, -0.15) is 0 Å². The van der Waals surface area contributed by atoms with Crippen LogP contribution in [0.15, 0.2) is 37.0 Å². The van der Waals surface area contributed by atoms with Crippen molar-refractivity contribution in [3.8, 4) is 23.7 Å². The second-order valence-electron chi connectivity index (χ2n) is 3.86. The van der Waals surface area contributed by atoms with E-state index in [2.05, 4.69) is 43.3 Å². The second kappa shape index (κ2) is 13.4. The number of aliphatic hydroxyl groups excluding tert-OH is 1. The Morgan fingerprint density at radius 2 is 2.00 bits per heavy atom. The first-order valence-corrected chi connectivity index (χ1v) is 6.44. The molecule has 0 aliphatic heterocycles. The summed E-state index contributed by atoms with van der Waals surface area (Å²) in [7, 11) is 0. The lowest BCUT2D eigenvalue weighted by Crippen LogP contribution is -1.94. The Morgan fingerprint density at radius 1 is 1.17 bits per heavy atom. The van der Waals surface area contributed by atoms with Gasteiger partial charge in [0.15, 0.2) is 0 Å². The van der Waals surface area contributed by atoms with Crippen LogP contribution in [0.2, 0.25) is 0 Å². The average Bonchev–Trinajstić information content (AvgIpc) is 2.39. The highest BCUT2D eigenvalue weighted by molar-refractivity contribution is 5.33. The zero-order valence-corrected chi connectivity index (χ0v) is 11.2. The van der Waals surface area contributed by atoms with Gasteiger partial charge in [-0.15, -0.1) is 0 Å². The Morgan fingerprint density at radius 3 is 2.72 bits per heavy atom. The lowest BCUT2D eigenvalue weighted by Gasteiger charge is -1.92. The van der Waals surface area contributed by atoms with Gasteiger partial charge in [-0.3, -0.25) is 0 Å². The number of hydrogen-bond donors (Lipinski definition) is 1. The van der Waals surface area contributed by atoms with Gasteiger partial charge >= 0.3 is 0 Å². The number of allylic oxidation sites excluding steroid dienone is 4. The van der Waals surface area contributed by atoms with Crippen molar-refractivity contribution in [2.75, 3.05) is 0 Å². The van der Waals surface area contributed by atoms with Crippen LogP contribution in [-0.4, -0.2) is 11.2 Å². The highest BCUT2D eigenvalue weighted by Gasteiger charge is 1.84. The van der Waals surface area contributed by atoms with Crippen molar-refractivity contribution in [2.45, 2.75) is 45.1 Å². The van der Waals surface area contributed by atoms with E-state index in [-0.39, 0.29) is 0 Å². The average molecular weight is 242 g/mol. The molecule has 1 N–H and O–H groups in total. The fourth-order valence-electron chi connectivity index (χ4n) is 1.21. The fraction of sp³-hybridized carbons (Fsp3) is 0.412. The van der Waals surface area contributed by atoms with Crippen molar-refractivity contribution in [3.63, 3.8) is 0 Å². The summed E-state index contributed by atoms with van der Waals surface area (Å²) in [5.41, 5.74) is 0. The standard InChI is InChI=1S/C17H22O/c1-3-5-6-7-8-9-10-11-12-13-14-15-16-17(18)4-2/h4,9-12,17-18H,2-3,5-8H2,1H3. The Balaban J connectivity index is 3.69. The summed E-state index contributed by atoms with van der Waals surface area (Å²) in [6.45, 7) is 5.63. The van der Waals surface area contributed by atoms with Crippen LogP contribution in [0.5, 0.6) is 0 Å². The van der Waals surface area contributed by atoms with Gasteiger partial charge in [0.25, 0.3) is 0 Å². The fourth-order valence-corrected chi connectivity index (χ4v) is 1.21. The minimum absolute atomic E-state index is 0.786. The van der Waals surface area contributed by atoms with E-state index in [1.165, 1.54) is 31.8 Å². The highest BCUT2D eigenvalue weighted by atomic mass is 16.3. The Bertz CT molecular complexity index is 379. The van der Waals surface area contributed by atoms with Crippen LogP contribution in [0, 0.1) is 23.7 Å². The third kappa shape index (κ3) is 12.4. The van der Waals surface area contributed by atoms with Crippen LogP contribution in [-0.2, 0) is 0 Å². The van der Waals surface area contributed by atoms with E-state index in [1.54, 1.807) is 6.08 Å². The van der Waals surface area contributed by atoms with Crippen LogP contribution in [0.25, 0.3) is 0 Å². The maximum absolute atomic E-state index is 9.03. The molecule has 18 heavy (non-hydrogen) atoms. The predicted octanol–water partition coefficient (Wildman–Crippen LogP) is 3.62. The molecule has 0 amide bonds. The van der Waals surface area contributed by atoms with Gasteiger partial charge in [0.2, 0.25) is 0 Å². The molecule has 0 heterocycles. The maximum atomic E-state index is 9.03.